The van der Waals surface area contributed by atoms with Gasteiger partial charge >= 0.3 is 6.09 Å². The van der Waals surface area contributed by atoms with Gasteiger partial charge in [-0.05, 0) is 24.7 Å². The van der Waals surface area contributed by atoms with E-state index in [0.29, 0.717) is 6.54 Å². The number of ether oxygens (including phenoxy) is 1. The topological polar surface area (TPSA) is 80.1 Å². The van der Waals surface area contributed by atoms with Crippen molar-refractivity contribution in [2.24, 2.45) is 4.99 Å². The standard InChI is InChI=1S/C20H24N5O2.W/c26-20(27-14-15-5-2-1-3-6-15)22-13-18-23-16-7-4-8-17(19(16)24-18)25-11-9-21-10-12-25;/h1-8,16,19H,9-14H2,(H,22,26)(H,23,24);/q-1;. The van der Waals surface area contributed by atoms with Gasteiger partial charge in [0.1, 0.15) is 18.5 Å². The Kier molecular flexibility index (Phi) is 7.29. The summed E-state index contributed by atoms with van der Waals surface area (Å²) < 4.78 is 5.25. The molecule has 2 aliphatic heterocycles. The summed E-state index contributed by atoms with van der Waals surface area (Å²) in [6.45, 7) is 4.22. The molecule has 8 heteroatoms. The molecule has 0 saturated carbocycles. The molecule has 1 amide bonds. The van der Waals surface area contributed by atoms with Crippen molar-refractivity contribution in [3.63, 3.8) is 0 Å². The van der Waals surface area contributed by atoms with E-state index >= 15 is 0 Å². The first-order valence-electron chi connectivity index (χ1n) is 9.34. The maximum Gasteiger partial charge on any atom is 0.407 e. The SMILES string of the molecule is O=C(NCC1=NC2C(N3CC[N-]CC3)=CC=CC2N1)OCc1ccccc1.[W]. The Bertz CT molecular complexity index is 759. The molecule has 1 aromatic rings. The number of hydrogen-bond acceptors (Lipinski definition) is 5. The molecule has 7 nitrogen and oxygen atoms in total. The van der Waals surface area contributed by atoms with E-state index < -0.39 is 6.09 Å². The number of nitrogens with zero attached hydrogens (tertiary/aromatic N) is 3. The number of carbonyl (C=O) groups excluding carboxylic acids is 1. The van der Waals surface area contributed by atoms with Crippen LogP contribution in [0.2, 0.25) is 0 Å². The zero-order valence-corrected chi connectivity index (χ0v) is 18.5. The number of rotatable bonds is 5. The van der Waals surface area contributed by atoms with Crippen molar-refractivity contribution in [1.82, 2.24) is 15.5 Å². The molecule has 0 bridgehead atoms. The largest absolute Gasteiger partial charge is 0.659 e. The normalized spacial score (nSPS) is 22.9. The maximum atomic E-state index is 11.9. The maximum absolute atomic E-state index is 11.9. The fourth-order valence-electron chi connectivity index (χ4n) is 3.52. The smallest absolute Gasteiger partial charge is 0.407 e. The average Bonchev–Trinajstić information content (AvgIpc) is 3.15. The summed E-state index contributed by atoms with van der Waals surface area (Å²) in [6, 6.07) is 9.83. The number of fused-ring (bicyclic) bond motifs is 1. The molecule has 148 valence electrons. The van der Waals surface area contributed by atoms with Crippen LogP contribution in [0.5, 0.6) is 0 Å². The Morgan fingerprint density at radius 1 is 1.29 bits per heavy atom. The quantitative estimate of drug-likeness (QED) is 0.587. The first-order chi connectivity index (χ1) is 13.3. The Hall–Kier alpha value is -2.11. The first-order valence-corrected chi connectivity index (χ1v) is 9.34. The second kappa shape index (κ2) is 9.89. The van der Waals surface area contributed by atoms with E-state index in [1.165, 1.54) is 5.70 Å². The van der Waals surface area contributed by atoms with Gasteiger partial charge in [-0.15, -0.1) is 13.1 Å². The number of carbonyl (C=O) groups is 1. The van der Waals surface area contributed by atoms with Gasteiger partial charge in [0.2, 0.25) is 0 Å². The van der Waals surface area contributed by atoms with Crippen LogP contribution < -0.4 is 10.6 Å². The summed E-state index contributed by atoms with van der Waals surface area (Å²) in [5.74, 6) is 0.779. The predicted octanol–water partition coefficient (Wildman–Crippen LogP) is 1.79. The zero-order valence-electron chi connectivity index (χ0n) is 15.6. The van der Waals surface area contributed by atoms with E-state index in [2.05, 4.69) is 39.1 Å². The number of nitrogens with one attached hydrogen (secondary N) is 2. The summed E-state index contributed by atoms with van der Waals surface area (Å²) in [6.07, 6.45) is 5.90. The van der Waals surface area contributed by atoms with E-state index in [0.717, 1.165) is 37.6 Å². The van der Waals surface area contributed by atoms with E-state index in [9.17, 15) is 4.79 Å². The predicted molar refractivity (Wildman–Crippen MR) is 105 cm³/mol. The van der Waals surface area contributed by atoms with Crippen molar-refractivity contribution in [3.05, 3.63) is 65.1 Å². The van der Waals surface area contributed by atoms with Gasteiger partial charge in [-0.1, -0.05) is 42.5 Å². The van der Waals surface area contributed by atoms with Crippen LogP contribution in [0.1, 0.15) is 5.56 Å². The molecule has 28 heavy (non-hydrogen) atoms. The minimum Gasteiger partial charge on any atom is -0.659 e. The Morgan fingerprint density at radius 2 is 2.07 bits per heavy atom. The Balaban J connectivity index is 0.00000225. The van der Waals surface area contributed by atoms with Crippen LogP contribution in [0.15, 0.2) is 59.2 Å². The number of allylic oxidation sites excluding steroid dienone is 2. The van der Waals surface area contributed by atoms with Gasteiger partial charge in [-0.25, -0.2) is 4.79 Å². The fraction of sp³-hybridized carbons (Fsp3) is 0.400. The van der Waals surface area contributed by atoms with Gasteiger partial charge in [0.05, 0.1) is 12.6 Å². The molecule has 4 rings (SSSR count). The zero-order chi connectivity index (χ0) is 18.5. The summed E-state index contributed by atoms with van der Waals surface area (Å²) in [4.78, 5) is 19.1. The van der Waals surface area contributed by atoms with Crippen LogP contribution in [0, 0.1) is 0 Å². The van der Waals surface area contributed by atoms with E-state index in [1.807, 2.05) is 30.3 Å². The van der Waals surface area contributed by atoms with Crippen molar-refractivity contribution < 1.29 is 30.6 Å². The molecule has 1 fully saturated rings. The van der Waals surface area contributed by atoms with Crippen LogP contribution in [-0.2, 0) is 32.4 Å². The Morgan fingerprint density at radius 3 is 2.86 bits per heavy atom. The number of aliphatic imine (C=N–C) groups is 1. The molecular formula is C20H24N5O2W-. The second-order valence-electron chi connectivity index (χ2n) is 6.74. The van der Waals surface area contributed by atoms with Crippen LogP contribution in [0.4, 0.5) is 4.79 Å². The number of amidine groups is 1. The third kappa shape index (κ3) is 5.03. The molecular weight excluding hydrogens is 526 g/mol. The third-order valence-corrected chi connectivity index (χ3v) is 4.89. The molecule has 1 saturated heterocycles. The molecule has 2 N–H and O–H groups in total. The Labute approximate surface area is 179 Å². The molecule has 0 radical (unpaired) electrons. The number of piperazine rings is 1. The van der Waals surface area contributed by atoms with Crippen molar-refractivity contribution in [2.45, 2.75) is 18.7 Å². The van der Waals surface area contributed by atoms with Crippen molar-refractivity contribution >= 4 is 11.9 Å². The fourth-order valence-corrected chi connectivity index (χ4v) is 3.52. The van der Waals surface area contributed by atoms with Gasteiger partial charge in [-0.2, -0.15) is 0 Å². The molecule has 2 heterocycles. The molecule has 1 aliphatic carbocycles. The number of alkyl carbamates (subject to hydrolysis) is 1. The van der Waals surface area contributed by atoms with Gasteiger partial charge in [-0.3, -0.25) is 4.99 Å². The van der Waals surface area contributed by atoms with Gasteiger partial charge in [0, 0.05) is 26.8 Å². The van der Waals surface area contributed by atoms with Gasteiger partial charge in [0.25, 0.3) is 0 Å². The van der Waals surface area contributed by atoms with Crippen LogP contribution in [0.25, 0.3) is 5.32 Å². The van der Waals surface area contributed by atoms with Crippen LogP contribution >= 0.6 is 0 Å². The van der Waals surface area contributed by atoms with E-state index in [4.69, 9.17) is 9.73 Å². The average molecular weight is 550 g/mol. The molecule has 0 spiro atoms. The number of benzene rings is 1. The van der Waals surface area contributed by atoms with Crippen molar-refractivity contribution in [2.75, 3.05) is 32.7 Å². The molecule has 0 aromatic heterocycles. The molecule has 1 aromatic carbocycles. The number of hydrogen-bond donors (Lipinski definition) is 2. The first kappa shape index (κ1) is 20.6. The van der Waals surface area contributed by atoms with Crippen LogP contribution in [0.3, 0.4) is 0 Å². The summed E-state index contributed by atoms with van der Waals surface area (Å²) in [7, 11) is 0. The van der Waals surface area contributed by atoms with Crippen molar-refractivity contribution in [1.29, 1.82) is 0 Å². The monoisotopic (exact) mass is 550 g/mol. The molecule has 2 atom stereocenters. The summed E-state index contributed by atoms with van der Waals surface area (Å²) >= 11 is 0. The minimum atomic E-state index is -0.442. The second-order valence-corrected chi connectivity index (χ2v) is 6.74. The summed E-state index contributed by atoms with van der Waals surface area (Å²) in [5.41, 5.74) is 2.19. The van der Waals surface area contributed by atoms with Gasteiger partial charge < -0.3 is 25.6 Å². The minimum absolute atomic E-state index is 0. The third-order valence-electron chi connectivity index (χ3n) is 4.89. The molecule has 3 aliphatic rings. The van der Waals surface area contributed by atoms with Crippen molar-refractivity contribution in [3.8, 4) is 0 Å². The summed E-state index contributed by atoms with van der Waals surface area (Å²) in [5, 5.41) is 10.6. The molecule has 2 unspecified atom stereocenters. The number of amides is 1. The van der Waals surface area contributed by atoms with Crippen LogP contribution in [-0.4, -0.2) is 61.6 Å². The van der Waals surface area contributed by atoms with E-state index in [1.54, 1.807) is 0 Å². The van der Waals surface area contributed by atoms with Gasteiger partial charge in [0.15, 0.2) is 0 Å². The van der Waals surface area contributed by atoms with E-state index in [-0.39, 0.29) is 39.8 Å².